The lowest BCUT2D eigenvalue weighted by Gasteiger charge is -2.23. The van der Waals surface area contributed by atoms with E-state index in [0.29, 0.717) is 17.2 Å². The van der Waals surface area contributed by atoms with E-state index in [-0.39, 0.29) is 23.2 Å². The third kappa shape index (κ3) is 4.63. The lowest BCUT2D eigenvalue weighted by Crippen LogP contribution is -2.24. The Balaban J connectivity index is 1.52. The van der Waals surface area contributed by atoms with Crippen LogP contribution in [0.3, 0.4) is 0 Å². The van der Waals surface area contributed by atoms with Crippen LogP contribution >= 0.6 is 0 Å². The summed E-state index contributed by atoms with van der Waals surface area (Å²) in [6, 6.07) is 7.79. The zero-order chi connectivity index (χ0) is 23.5. The molecule has 1 saturated carbocycles. The molecular formula is C23H22F2N8O. The van der Waals surface area contributed by atoms with Crippen LogP contribution in [0.1, 0.15) is 42.6 Å². The van der Waals surface area contributed by atoms with Gasteiger partial charge in [0, 0.05) is 18.3 Å². The van der Waals surface area contributed by atoms with Crippen molar-refractivity contribution in [1.82, 2.24) is 24.6 Å². The highest BCUT2D eigenvalue weighted by atomic mass is 19.1. The molecule has 174 valence electrons. The average Bonchev–Trinajstić information content (AvgIpc) is 3.26. The van der Waals surface area contributed by atoms with Gasteiger partial charge in [0.25, 0.3) is 5.91 Å². The summed E-state index contributed by atoms with van der Waals surface area (Å²) in [7, 11) is 0. The molecule has 11 heteroatoms. The molecule has 0 aliphatic heterocycles. The summed E-state index contributed by atoms with van der Waals surface area (Å²) >= 11 is 0. The Labute approximate surface area is 193 Å². The van der Waals surface area contributed by atoms with E-state index in [1.165, 1.54) is 41.5 Å². The van der Waals surface area contributed by atoms with Crippen molar-refractivity contribution in [2.24, 2.45) is 0 Å². The van der Waals surface area contributed by atoms with Gasteiger partial charge < -0.3 is 16.0 Å². The number of hydrogen-bond donors (Lipinski definition) is 3. The largest absolute Gasteiger partial charge is 0.366 e. The lowest BCUT2D eigenvalue weighted by molar-refractivity contribution is 0.102. The summed E-state index contributed by atoms with van der Waals surface area (Å²) in [5.74, 6) is -1.06. The minimum atomic E-state index is -0.656. The quantitative estimate of drug-likeness (QED) is 0.360. The van der Waals surface area contributed by atoms with Crippen LogP contribution < -0.4 is 16.0 Å². The molecule has 0 atom stereocenters. The molecule has 34 heavy (non-hydrogen) atoms. The maximum absolute atomic E-state index is 14.0. The number of anilines is 4. The summed E-state index contributed by atoms with van der Waals surface area (Å²) in [5, 5.41) is 13.6. The van der Waals surface area contributed by atoms with Gasteiger partial charge in [-0.25, -0.2) is 18.9 Å². The van der Waals surface area contributed by atoms with Gasteiger partial charge in [0.05, 0.1) is 23.8 Å². The van der Waals surface area contributed by atoms with Crippen molar-refractivity contribution >= 4 is 34.6 Å². The van der Waals surface area contributed by atoms with E-state index in [9.17, 15) is 13.6 Å². The van der Waals surface area contributed by atoms with Gasteiger partial charge in [0.1, 0.15) is 11.6 Å². The maximum atomic E-state index is 14.0. The molecular weight excluding hydrogens is 442 g/mol. The Hall–Kier alpha value is -4.15. The standard InChI is InChI=1S/C23H22F2N8O/c24-15-12-26-10-9-16(15)30-23(34)18-13-27-22-17(29-20-8-4-7-19(25)31-20)11-21(32-33(18)22)28-14-5-2-1-3-6-14/h4,7-14H,1-3,5-6H2,(H,28,32)(H,29,31)(H,26,30,34). The molecule has 4 heterocycles. The van der Waals surface area contributed by atoms with Crippen molar-refractivity contribution in [3.8, 4) is 0 Å². The van der Waals surface area contributed by atoms with Gasteiger partial charge in [-0.2, -0.15) is 4.39 Å². The zero-order valence-electron chi connectivity index (χ0n) is 18.1. The Kier molecular flexibility index (Phi) is 5.98. The molecule has 0 radical (unpaired) electrons. The van der Waals surface area contributed by atoms with Crippen LogP contribution in [0, 0.1) is 11.8 Å². The predicted octanol–water partition coefficient (Wildman–Crippen LogP) is 4.54. The van der Waals surface area contributed by atoms with E-state index in [2.05, 4.69) is 36.0 Å². The smallest absolute Gasteiger partial charge is 0.276 e. The molecule has 0 spiro atoms. The second-order valence-corrected chi connectivity index (χ2v) is 8.08. The van der Waals surface area contributed by atoms with E-state index in [4.69, 9.17) is 0 Å². The maximum Gasteiger partial charge on any atom is 0.276 e. The van der Waals surface area contributed by atoms with Crippen LogP contribution in [0.2, 0.25) is 0 Å². The Morgan fingerprint density at radius 3 is 2.68 bits per heavy atom. The molecule has 4 aromatic rings. The summed E-state index contributed by atoms with van der Waals surface area (Å²) in [6.07, 6.45) is 9.27. The lowest BCUT2D eigenvalue weighted by atomic mass is 9.95. The number of amides is 1. The number of rotatable bonds is 6. The van der Waals surface area contributed by atoms with Crippen LogP contribution in [-0.4, -0.2) is 36.5 Å². The van der Waals surface area contributed by atoms with Crippen molar-refractivity contribution in [2.75, 3.05) is 16.0 Å². The average molecular weight is 464 g/mol. The van der Waals surface area contributed by atoms with Crippen LogP contribution in [0.5, 0.6) is 0 Å². The monoisotopic (exact) mass is 464 g/mol. The molecule has 5 rings (SSSR count). The molecule has 1 fully saturated rings. The summed E-state index contributed by atoms with van der Waals surface area (Å²) in [4.78, 5) is 24.8. The molecule has 3 N–H and O–H groups in total. The summed E-state index contributed by atoms with van der Waals surface area (Å²) in [5.41, 5.74) is 0.920. The number of halogens is 2. The number of aromatic nitrogens is 5. The van der Waals surface area contributed by atoms with Gasteiger partial charge in [-0.15, -0.1) is 5.10 Å². The normalized spacial score (nSPS) is 14.2. The fourth-order valence-corrected chi connectivity index (χ4v) is 4.02. The first-order valence-electron chi connectivity index (χ1n) is 11.0. The fraction of sp³-hybridized carbons (Fsp3) is 0.261. The minimum absolute atomic E-state index is 0.00579. The first kappa shape index (κ1) is 21.7. The van der Waals surface area contributed by atoms with Gasteiger partial charge in [-0.3, -0.25) is 9.78 Å². The fourth-order valence-electron chi connectivity index (χ4n) is 4.02. The first-order chi connectivity index (χ1) is 16.6. The van der Waals surface area contributed by atoms with Crippen LogP contribution in [0.4, 0.5) is 31.8 Å². The highest BCUT2D eigenvalue weighted by Crippen LogP contribution is 2.27. The molecule has 1 aliphatic rings. The Bertz CT molecular complexity index is 1340. The van der Waals surface area contributed by atoms with Crippen LogP contribution in [0.15, 0.2) is 48.9 Å². The molecule has 0 aromatic carbocycles. The summed E-state index contributed by atoms with van der Waals surface area (Å²) in [6.45, 7) is 0. The van der Waals surface area contributed by atoms with E-state index >= 15 is 0 Å². The van der Waals surface area contributed by atoms with Crippen molar-refractivity contribution < 1.29 is 13.6 Å². The number of imidazole rings is 1. The molecule has 0 saturated heterocycles. The van der Waals surface area contributed by atoms with Crippen molar-refractivity contribution in [3.63, 3.8) is 0 Å². The van der Waals surface area contributed by atoms with Crippen LogP contribution in [0.25, 0.3) is 5.65 Å². The highest BCUT2D eigenvalue weighted by Gasteiger charge is 2.20. The first-order valence-corrected chi connectivity index (χ1v) is 11.0. The number of carbonyl (C=O) groups is 1. The molecule has 1 aliphatic carbocycles. The van der Waals surface area contributed by atoms with Gasteiger partial charge in [-0.1, -0.05) is 25.3 Å². The number of hydrogen-bond acceptors (Lipinski definition) is 7. The van der Waals surface area contributed by atoms with Crippen LogP contribution in [-0.2, 0) is 0 Å². The highest BCUT2D eigenvalue weighted by molar-refractivity contribution is 6.03. The number of nitrogens with zero attached hydrogens (tertiary/aromatic N) is 5. The number of pyridine rings is 2. The molecule has 0 unspecified atom stereocenters. The second-order valence-electron chi connectivity index (χ2n) is 8.08. The van der Waals surface area contributed by atoms with Gasteiger partial charge in [-0.05, 0) is 31.0 Å². The number of nitrogens with one attached hydrogen (secondary N) is 3. The van der Waals surface area contributed by atoms with Crippen molar-refractivity contribution in [3.05, 3.63) is 66.4 Å². The predicted molar refractivity (Wildman–Crippen MR) is 123 cm³/mol. The minimum Gasteiger partial charge on any atom is -0.366 e. The third-order valence-electron chi connectivity index (χ3n) is 5.66. The molecule has 4 aromatic heterocycles. The van der Waals surface area contributed by atoms with E-state index in [0.717, 1.165) is 31.9 Å². The van der Waals surface area contributed by atoms with E-state index < -0.39 is 17.7 Å². The third-order valence-corrected chi connectivity index (χ3v) is 5.66. The topological polar surface area (TPSA) is 109 Å². The van der Waals surface area contributed by atoms with Crippen molar-refractivity contribution in [2.45, 2.75) is 38.1 Å². The van der Waals surface area contributed by atoms with Crippen molar-refractivity contribution in [1.29, 1.82) is 0 Å². The van der Waals surface area contributed by atoms with Gasteiger partial charge >= 0.3 is 0 Å². The summed E-state index contributed by atoms with van der Waals surface area (Å²) < 4.78 is 29.0. The van der Waals surface area contributed by atoms with Gasteiger partial charge in [0.15, 0.2) is 17.2 Å². The molecule has 0 bridgehead atoms. The zero-order valence-corrected chi connectivity index (χ0v) is 18.1. The van der Waals surface area contributed by atoms with Gasteiger partial charge in [0.2, 0.25) is 5.95 Å². The molecule has 1 amide bonds. The van der Waals surface area contributed by atoms with E-state index in [1.807, 2.05) is 0 Å². The molecule has 9 nitrogen and oxygen atoms in total. The van der Waals surface area contributed by atoms with E-state index in [1.54, 1.807) is 12.1 Å². The SMILES string of the molecule is O=C(Nc1ccncc1F)c1cnc2c(Nc3cccc(F)n3)cc(NC3CCCCC3)nn12. The Morgan fingerprint density at radius 1 is 1.03 bits per heavy atom. The Morgan fingerprint density at radius 2 is 1.88 bits per heavy atom. The number of fused-ring (bicyclic) bond motifs is 1. The number of carbonyl (C=O) groups excluding carboxylic acids is 1. The second kappa shape index (κ2) is 9.38.